The van der Waals surface area contributed by atoms with Gasteiger partial charge < -0.3 is 14.5 Å². The number of piperazine rings is 1. The summed E-state index contributed by atoms with van der Waals surface area (Å²) in [5, 5.41) is 12.3. The molecule has 2 heterocycles. The van der Waals surface area contributed by atoms with Gasteiger partial charge in [-0.1, -0.05) is 5.16 Å². The summed E-state index contributed by atoms with van der Waals surface area (Å²) in [6, 6.07) is 1.51. The van der Waals surface area contributed by atoms with E-state index in [9.17, 15) is 4.79 Å². The van der Waals surface area contributed by atoms with Crippen LogP contribution in [-0.4, -0.2) is 58.8 Å². The molecule has 0 radical (unpaired) electrons. The lowest BCUT2D eigenvalue weighted by molar-refractivity contribution is 0.0685. The van der Waals surface area contributed by atoms with E-state index in [4.69, 9.17) is 9.63 Å². The molecular formula is C13H19N3O3. The van der Waals surface area contributed by atoms with Crippen LogP contribution in [0.15, 0.2) is 10.6 Å². The van der Waals surface area contributed by atoms with E-state index in [1.165, 1.54) is 25.5 Å². The van der Waals surface area contributed by atoms with Crippen LogP contribution >= 0.6 is 0 Å². The average molecular weight is 265 g/mol. The Bertz CT molecular complexity index is 448. The third kappa shape index (κ3) is 3.33. The molecule has 19 heavy (non-hydrogen) atoms. The Hall–Kier alpha value is -1.40. The number of carboxylic acids is 1. The number of aromatic nitrogens is 1. The van der Waals surface area contributed by atoms with Gasteiger partial charge in [0.15, 0.2) is 11.5 Å². The largest absolute Gasteiger partial charge is 0.476 e. The number of aromatic carboxylic acids is 1. The van der Waals surface area contributed by atoms with Crippen molar-refractivity contribution < 1.29 is 14.4 Å². The smallest absolute Gasteiger partial charge is 0.358 e. The molecule has 104 valence electrons. The van der Waals surface area contributed by atoms with Gasteiger partial charge in [0.2, 0.25) is 0 Å². The van der Waals surface area contributed by atoms with Crippen LogP contribution in [0.2, 0.25) is 0 Å². The van der Waals surface area contributed by atoms with Crippen molar-refractivity contribution in [2.75, 3.05) is 32.7 Å². The molecule has 0 amide bonds. The van der Waals surface area contributed by atoms with E-state index < -0.39 is 5.97 Å². The summed E-state index contributed by atoms with van der Waals surface area (Å²) in [7, 11) is 0. The SMILES string of the molecule is O=C(O)c1cc(CN2CCN(CC3CC3)CC2)on1. The molecule has 1 saturated carbocycles. The maximum atomic E-state index is 10.7. The standard InChI is InChI=1S/C13H19N3O3/c17-13(18)12-7-11(19-14-12)9-16-5-3-15(4-6-16)8-10-1-2-10/h7,10H,1-6,8-9H2,(H,17,18). The van der Waals surface area contributed by atoms with Gasteiger partial charge in [-0.2, -0.15) is 0 Å². The highest BCUT2D eigenvalue weighted by Gasteiger charge is 2.26. The van der Waals surface area contributed by atoms with Crippen LogP contribution in [0, 0.1) is 5.92 Å². The second-order valence-electron chi connectivity index (χ2n) is 5.50. The van der Waals surface area contributed by atoms with Crippen LogP contribution in [0.5, 0.6) is 0 Å². The predicted molar refractivity (Wildman–Crippen MR) is 67.9 cm³/mol. The Morgan fingerprint density at radius 2 is 2.00 bits per heavy atom. The van der Waals surface area contributed by atoms with Gasteiger partial charge in [0.05, 0.1) is 6.54 Å². The molecule has 1 saturated heterocycles. The van der Waals surface area contributed by atoms with Crippen molar-refractivity contribution in [3.8, 4) is 0 Å². The monoisotopic (exact) mass is 265 g/mol. The molecule has 0 spiro atoms. The zero-order valence-corrected chi connectivity index (χ0v) is 10.9. The first kappa shape index (κ1) is 12.6. The van der Waals surface area contributed by atoms with Crippen molar-refractivity contribution in [3.05, 3.63) is 17.5 Å². The van der Waals surface area contributed by atoms with Gasteiger partial charge in [0.1, 0.15) is 0 Å². The van der Waals surface area contributed by atoms with Crippen molar-refractivity contribution in [2.45, 2.75) is 19.4 Å². The van der Waals surface area contributed by atoms with Crippen LogP contribution in [-0.2, 0) is 6.54 Å². The number of rotatable bonds is 5. The fourth-order valence-corrected chi connectivity index (χ4v) is 2.50. The summed E-state index contributed by atoms with van der Waals surface area (Å²) in [6.07, 6.45) is 2.80. The summed E-state index contributed by atoms with van der Waals surface area (Å²) in [5.74, 6) is 0.538. The van der Waals surface area contributed by atoms with E-state index in [1.54, 1.807) is 0 Å². The molecule has 3 rings (SSSR count). The summed E-state index contributed by atoms with van der Waals surface area (Å²) in [5.41, 5.74) is -0.0117. The van der Waals surface area contributed by atoms with Crippen LogP contribution < -0.4 is 0 Å². The van der Waals surface area contributed by atoms with Crippen molar-refractivity contribution in [1.29, 1.82) is 0 Å². The molecule has 0 aromatic carbocycles. The Morgan fingerprint density at radius 3 is 2.58 bits per heavy atom. The van der Waals surface area contributed by atoms with E-state index in [1.807, 2.05) is 0 Å². The minimum Gasteiger partial charge on any atom is -0.476 e. The Balaban J connectivity index is 1.46. The highest BCUT2D eigenvalue weighted by Crippen LogP contribution is 2.29. The molecule has 1 aliphatic heterocycles. The highest BCUT2D eigenvalue weighted by molar-refractivity contribution is 5.85. The Morgan fingerprint density at radius 1 is 1.32 bits per heavy atom. The molecule has 6 nitrogen and oxygen atoms in total. The van der Waals surface area contributed by atoms with Gasteiger partial charge in [0, 0.05) is 38.8 Å². The third-order valence-corrected chi connectivity index (χ3v) is 3.84. The zero-order valence-electron chi connectivity index (χ0n) is 10.9. The molecule has 0 bridgehead atoms. The van der Waals surface area contributed by atoms with Gasteiger partial charge in [-0.05, 0) is 18.8 Å². The normalized spacial score (nSPS) is 21.7. The first-order valence-corrected chi connectivity index (χ1v) is 6.84. The molecule has 1 aliphatic carbocycles. The first-order valence-electron chi connectivity index (χ1n) is 6.84. The van der Waals surface area contributed by atoms with Gasteiger partial charge in [0.25, 0.3) is 0 Å². The molecule has 2 aliphatic rings. The van der Waals surface area contributed by atoms with Crippen molar-refractivity contribution in [2.24, 2.45) is 5.92 Å². The zero-order chi connectivity index (χ0) is 13.2. The molecule has 6 heteroatoms. The topological polar surface area (TPSA) is 69.8 Å². The quantitative estimate of drug-likeness (QED) is 0.853. The van der Waals surface area contributed by atoms with Gasteiger partial charge in [-0.25, -0.2) is 4.79 Å². The van der Waals surface area contributed by atoms with Gasteiger partial charge >= 0.3 is 5.97 Å². The number of carboxylic acid groups (broad SMARTS) is 1. The Labute approximate surface area is 112 Å². The fourth-order valence-electron chi connectivity index (χ4n) is 2.50. The van der Waals surface area contributed by atoms with E-state index >= 15 is 0 Å². The summed E-state index contributed by atoms with van der Waals surface area (Å²) >= 11 is 0. The van der Waals surface area contributed by atoms with Gasteiger partial charge in [-0.3, -0.25) is 4.90 Å². The third-order valence-electron chi connectivity index (χ3n) is 3.84. The summed E-state index contributed by atoms with van der Waals surface area (Å²) in [6.45, 7) is 6.11. The van der Waals surface area contributed by atoms with Gasteiger partial charge in [-0.15, -0.1) is 0 Å². The maximum Gasteiger partial charge on any atom is 0.358 e. The second-order valence-corrected chi connectivity index (χ2v) is 5.50. The highest BCUT2D eigenvalue weighted by atomic mass is 16.5. The van der Waals surface area contributed by atoms with Crippen molar-refractivity contribution in [1.82, 2.24) is 15.0 Å². The number of carbonyl (C=O) groups is 1. The molecule has 1 aromatic heterocycles. The Kier molecular flexibility index (Phi) is 3.52. The van der Waals surface area contributed by atoms with E-state index in [0.717, 1.165) is 32.1 Å². The fraction of sp³-hybridized carbons (Fsp3) is 0.692. The van der Waals surface area contributed by atoms with Crippen LogP contribution in [0.3, 0.4) is 0 Å². The second kappa shape index (κ2) is 5.30. The van der Waals surface area contributed by atoms with Crippen molar-refractivity contribution >= 4 is 5.97 Å². The number of nitrogens with zero attached hydrogens (tertiary/aromatic N) is 3. The molecular weight excluding hydrogens is 246 g/mol. The predicted octanol–water partition coefficient (Wildman–Crippen LogP) is 0.900. The van der Waals surface area contributed by atoms with E-state index in [2.05, 4.69) is 15.0 Å². The van der Waals surface area contributed by atoms with E-state index in [0.29, 0.717) is 12.3 Å². The van der Waals surface area contributed by atoms with Crippen molar-refractivity contribution in [3.63, 3.8) is 0 Å². The van der Waals surface area contributed by atoms with Crippen LogP contribution in [0.1, 0.15) is 29.1 Å². The molecule has 2 fully saturated rings. The van der Waals surface area contributed by atoms with Crippen LogP contribution in [0.4, 0.5) is 0 Å². The molecule has 1 aromatic rings. The minimum absolute atomic E-state index is 0.0117. The lowest BCUT2D eigenvalue weighted by atomic mass is 10.2. The summed E-state index contributed by atoms with van der Waals surface area (Å²) < 4.78 is 5.04. The first-order chi connectivity index (χ1) is 9.20. The van der Waals surface area contributed by atoms with E-state index in [-0.39, 0.29) is 5.69 Å². The number of hydrogen-bond acceptors (Lipinski definition) is 5. The average Bonchev–Trinajstić information content (AvgIpc) is 3.08. The maximum absolute atomic E-state index is 10.7. The molecule has 0 unspecified atom stereocenters. The number of hydrogen-bond donors (Lipinski definition) is 1. The minimum atomic E-state index is -1.04. The lowest BCUT2D eigenvalue weighted by Crippen LogP contribution is -2.46. The lowest BCUT2D eigenvalue weighted by Gasteiger charge is -2.34. The summed E-state index contributed by atoms with van der Waals surface area (Å²) in [4.78, 5) is 15.5. The molecule has 0 atom stereocenters. The molecule has 1 N–H and O–H groups in total. The van der Waals surface area contributed by atoms with Crippen LogP contribution in [0.25, 0.3) is 0 Å².